The van der Waals surface area contributed by atoms with E-state index in [1.165, 1.54) is 6.42 Å². The average Bonchev–Trinajstić information content (AvgIpc) is 2.71. The second-order valence-electron chi connectivity index (χ2n) is 9.14. The van der Waals surface area contributed by atoms with Crippen molar-refractivity contribution in [2.75, 3.05) is 7.11 Å². The normalized spacial score (nSPS) is 20.3. The monoisotopic (exact) mass is 439 g/mol. The lowest BCUT2D eigenvalue weighted by Gasteiger charge is -2.39. The lowest BCUT2D eigenvalue weighted by atomic mass is 9.71. The van der Waals surface area contributed by atoms with E-state index in [0.29, 0.717) is 40.6 Å². The quantitative estimate of drug-likeness (QED) is 0.349. The largest absolute Gasteiger partial charge is 0.493 e. The van der Waals surface area contributed by atoms with Crippen LogP contribution >= 0.6 is 12.2 Å². The van der Waals surface area contributed by atoms with Crippen molar-refractivity contribution in [3.63, 3.8) is 0 Å². The minimum atomic E-state index is 0.341. The summed E-state index contributed by atoms with van der Waals surface area (Å²) in [4.78, 5) is 0. The Hall–Kier alpha value is -2.60. The summed E-state index contributed by atoms with van der Waals surface area (Å²) in [6, 6.07) is 16.1. The van der Waals surface area contributed by atoms with E-state index in [-0.39, 0.29) is 0 Å². The van der Waals surface area contributed by atoms with Crippen molar-refractivity contribution in [2.45, 2.75) is 52.7 Å². The van der Waals surface area contributed by atoms with Gasteiger partial charge >= 0.3 is 0 Å². The van der Waals surface area contributed by atoms with Crippen molar-refractivity contribution < 1.29 is 9.47 Å². The van der Waals surface area contributed by atoms with Crippen LogP contribution < -0.4 is 20.2 Å². The zero-order valence-electron chi connectivity index (χ0n) is 18.9. The van der Waals surface area contributed by atoms with Crippen molar-refractivity contribution in [3.05, 3.63) is 59.7 Å². The number of hydrogen-bond acceptors (Lipinski definition) is 4. The highest BCUT2D eigenvalue weighted by molar-refractivity contribution is 7.80. The van der Waals surface area contributed by atoms with Gasteiger partial charge in [0.15, 0.2) is 16.6 Å². The first-order valence-corrected chi connectivity index (χ1v) is 11.2. The fourth-order valence-corrected chi connectivity index (χ4v) is 4.68. The van der Waals surface area contributed by atoms with Crippen LogP contribution in [0.1, 0.15) is 51.2 Å². The van der Waals surface area contributed by atoms with Crippen LogP contribution in [0.4, 0.5) is 0 Å². The van der Waals surface area contributed by atoms with E-state index >= 15 is 0 Å². The highest BCUT2D eigenvalue weighted by Crippen LogP contribution is 2.38. The first-order chi connectivity index (χ1) is 14.8. The SMILES string of the molecule is COc1ccc(/C=N\NC(=S)N[C@H]2C[C@@H](C)CC(C)(C)C2)cc1OCc1ccccc1. The van der Waals surface area contributed by atoms with Gasteiger partial charge in [0, 0.05) is 6.04 Å². The van der Waals surface area contributed by atoms with E-state index in [2.05, 4.69) is 36.6 Å². The fraction of sp³-hybridized carbons (Fsp3) is 0.440. The molecule has 2 atom stereocenters. The Bertz CT molecular complexity index is 899. The molecular formula is C25H33N3O2S. The highest BCUT2D eigenvalue weighted by Gasteiger charge is 2.32. The van der Waals surface area contributed by atoms with E-state index in [4.69, 9.17) is 21.7 Å². The Morgan fingerprint density at radius 2 is 1.94 bits per heavy atom. The molecule has 0 spiro atoms. The minimum Gasteiger partial charge on any atom is -0.493 e. The highest BCUT2D eigenvalue weighted by atomic mass is 32.1. The first-order valence-electron chi connectivity index (χ1n) is 10.8. The molecule has 0 unspecified atom stereocenters. The summed E-state index contributed by atoms with van der Waals surface area (Å²) < 4.78 is 11.4. The van der Waals surface area contributed by atoms with Gasteiger partial charge in [-0.15, -0.1) is 0 Å². The average molecular weight is 440 g/mol. The molecule has 0 radical (unpaired) electrons. The van der Waals surface area contributed by atoms with E-state index in [9.17, 15) is 0 Å². The van der Waals surface area contributed by atoms with Gasteiger partial charge in [-0.3, -0.25) is 5.43 Å². The Balaban J connectivity index is 1.55. The molecule has 0 aliphatic heterocycles. The third-order valence-electron chi connectivity index (χ3n) is 5.53. The molecule has 2 aromatic rings. The molecule has 3 rings (SSSR count). The molecule has 0 bridgehead atoms. The maximum Gasteiger partial charge on any atom is 0.187 e. The van der Waals surface area contributed by atoms with Gasteiger partial charge in [0.05, 0.1) is 13.3 Å². The number of ether oxygens (including phenoxy) is 2. The van der Waals surface area contributed by atoms with Crippen molar-refractivity contribution in [1.82, 2.24) is 10.7 Å². The lowest BCUT2D eigenvalue weighted by Crippen LogP contribution is -2.45. The molecule has 0 heterocycles. The zero-order chi connectivity index (χ0) is 22.3. The molecule has 1 aliphatic rings. The standard InChI is InChI=1S/C25H33N3O2S/c1-18-12-21(15-25(2,3)14-18)27-24(31)28-26-16-20-10-11-22(29-4)23(13-20)30-17-19-8-6-5-7-9-19/h5-11,13,16,18,21H,12,14-15,17H2,1-4H3,(H2,27,28,31)/b26-16-/t18-,21+/m1/s1. The summed E-state index contributed by atoms with van der Waals surface area (Å²) in [6.45, 7) is 7.44. The first kappa shape index (κ1) is 23.1. The van der Waals surface area contributed by atoms with Gasteiger partial charge in [-0.1, -0.05) is 51.1 Å². The predicted molar refractivity (Wildman–Crippen MR) is 131 cm³/mol. The van der Waals surface area contributed by atoms with Crippen molar-refractivity contribution in [2.24, 2.45) is 16.4 Å². The Kier molecular flexibility index (Phi) is 7.91. The summed E-state index contributed by atoms with van der Waals surface area (Å²) in [7, 11) is 1.64. The number of nitrogens with zero attached hydrogens (tertiary/aromatic N) is 1. The van der Waals surface area contributed by atoms with Gasteiger partial charge < -0.3 is 14.8 Å². The minimum absolute atomic E-state index is 0.341. The number of benzene rings is 2. The van der Waals surface area contributed by atoms with Gasteiger partial charge in [0.1, 0.15) is 6.61 Å². The van der Waals surface area contributed by atoms with E-state index in [1.807, 2.05) is 48.5 Å². The van der Waals surface area contributed by atoms with Crippen LogP contribution in [0.25, 0.3) is 0 Å². The van der Waals surface area contributed by atoms with Crippen LogP contribution in [0.2, 0.25) is 0 Å². The molecule has 0 saturated heterocycles. The van der Waals surface area contributed by atoms with Crippen LogP contribution in [0.5, 0.6) is 11.5 Å². The third kappa shape index (κ3) is 7.24. The molecule has 6 heteroatoms. The smallest absolute Gasteiger partial charge is 0.187 e. The van der Waals surface area contributed by atoms with E-state index < -0.39 is 0 Å². The topological polar surface area (TPSA) is 54.9 Å². The molecule has 0 amide bonds. The number of hydrogen-bond donors (Lipinski definition) is 2. The molecule has 2 aromatic carbocycles. The lowest BCUT2D eigenvalue weighted by molar-refractivity contribution is 0.161. The van der Waals surface area contributed by atoms with Gasteiger partial charge in [-0.2, -0.15) is 5.10 Å². The summed E-state index contributed by atoms with van der Waals surface area (Å²) >= 11 is 5.44. The molecule has 5 nitrogen and oxygen atoms in total. The third-order valence-corrected chi connectivity index (χ3v) is 5.74. The Morgan fingerprint density at radius 1 is 1.16 bits per heavy atom. The Morgan fingerprint density at radius 3 is 2.65 bits per heavy atom. The molecule has 1 aliphatic carbocycles. The summed E-state index contributed by atoms with van der Waals surface area (Å²) in [6.07, 6.45) is 5.24. The summed E-state index contributed by atoms with van der Waals surface area (Å²) in [5.74, 6) is 2.06. The van der Waals surface area contributed by atoms with Gasteiger partial charge in [-0.05, 0) is 72.1 Å². The Labute approximate surface area is 191 Å². The van der Waals surface area contributed by atoms with Gasteiger partial charge in [0.25, 0.3) is 0 Å². The molecule has 1 fully saturated rings. The molecule has 166 valence electrons. The van der Waals surface area contributed by atoms with Crippen LogP contribution in [-0.4, -0.2) is 24.5 Å². The van der Waals surface area contributed by atoms with E-state index in [1.54, 1.807) is 13.3 Å². The summed E-state index contributed by atoms with van der Waals surface area (Å²) in [5, 5.41) is 8.28. The van der Waals surface area contributed by atoms with E-state index in [0.717, 1.165) is 24.0 Å². The molecule has 0 aromatic heterocycles. The second-order valence-corrected chi connectivity index (χ2v) is 9.55. The predicted octanol–water partition coefficient (Wildman–Crippen LogP) is 5.29. The van der Waals surface area contributed by atoms with Crippen LogP contribution in [0.3, 0.4) is 0 Å². The molecule has 2 N–H and O–H groups in total. The maximum atomic E-state index is 5.97. The maximum absolute atomic E-state index is 5.97. The van der Waals surface area contributed by atoms with Crippen molar-refractivity contribution in [3.8, 4) is 11.5 Å². The van der Waals surface area contributed by atoms with Crippen LogP contribution in [-0.2, 0) is 6.61 Å². The number of methoxy groups -OCH3 is 1. The molecular weight excluding hydrogens is 406 g/mol. The van der Waals surface area contributed by atoms with Crippen LogP contribution in [0.15, 0.2) is 53.6 Å². The van der Waals surface area contributed by atoms with Crippen LogP contribution in [0, 0.1) is 11.3 Å². The molecule has 1 saturated carbocycles. The van der Waals surface area contributed by atoms with Crippen molar-refractivity contribution >= 4 is 23.5 Å². The zero-order valence-corrected chi connectivity index (χ0v) is 19.7. The van der Waals surface area contributed by atoms with Gasteiger partial charge in [-0.25, -0.2) is 0 Å². The van der Waals surface area contributed by atoms with Gasteiger partial charge in [0.2, 0.25) is 0 Å². The fourth-order valence-electron chi connectivity index (χ4n) is 4.46. The number of thiocarbonyl (C=S) groups is 1. The second kappa shape index (κ2) is 10.6. The number of nitrogens with one attached hydrogen (secondary N) is 2. The summed E-state index contributed by atoms with van der Waals surface area (Å²) in [5.41, 5.74) is 5.28. The number of hydrazone groups is 1. The number of rotatable bonds is 7. The van der Waals surface area contributed by atoms with Crippen molar-refractivity contribution in [1.29, 1.82) is 0 Å². The molecule has 31 heavy (non-hydrogen) atoms.